The monoisotopic (exact) mass is 277 g/mol. The van der Waals surface area contributed by atoms with Crippen LogP contribution in [0.3, 0.4) is 0 Å². The summed E-state index contributed by atoms with van der Waals surface area (Å²) in [4.78, 5) is 24.4. The van der Waals surface area contributed by atoms with Gasteiger partial charge in [0.05, 0.1) is 0 Å². The molecule has 0 aliphatic rings. The van der Waals surface area contributed by atoms with Crippen molar-refractivity contribution in [1.82, 2.24) is 5.16 Å². The van der Waals surface area contributed by atoms with Crippen molar-refractivity contribution in [2.45, 2.75) is 0 Å². The average Bonchev–Trinajstić information content (AvgIpc) is 3.05. The largest absolute Gasteiger partial charge is 0.352 e. The molecule has 0 radical (unpaired) electrons. The zero-order chi connectivity index (χ0) is 14.7. The predicted molar refractivity (Wildman–Crippen MR) is 76.3 cm³/mol. The highest BCUT2D eigenvalue weighted by atomic mass is 16.5. The molecule has 21 heavy (non-hydrogen) atoms. The molecule has 0 saturated heterocycles. The molecule has 1 aromatic heterocycles. The van der Waals surface area contributed by atoms with Gasteiger partial charge in [0.15, 0.2) is 5.69 Å². The number of hydrogen-bond acceptors (Lipinski definition) is 4. The smallest absolute Gasteiger partial charge is 0.231 e. The Balaban J connectivity index is 1.87. The molecular weight excluding hydrogens is 266 g/mol. The third kappa shape index (κ3) is 2.65. The Morgan fingerprint density at radius 1 is 0.762 bits per heavy atom. The van der Waals surface area contributed by atoms with Gasteiger partial charge in [-0.05, 0) is 0 Å². The number of carbonyl (C=O) groups excluding carboxylic acids is 2. The molecule has 0 N–H and O–H groups in total. The summed E-state index contributed by atoms with van der Waals surface area (Å²) in [6.45, 7) is 0. The lowest BCUT2D eigenvalue weighted by atomic mass is 10.1. The van der Waals surface area contributed by atoms with E-state index in [2.05, 4.69) is 5.16 Å². The molecule has 0 aliphatic heterocycles. The molecule has 3 rings (SSSR count). The minimum Gasteiger partial charge on any atom is -0.352 e. The highest BCUT2D eigenvalue weighted by molar-refractivity contribution is 6.11. The van der Waals surface area contributed by atoms with Crippen LogP contribution in [-0.4, -0.2) is 16.7 Å². The number of ketones is 2. The molecule has 0 spiro atoms. The molecule has 0 fully saturated rings. The van der Waals surface area contributed by atoms with Crippen LogP contribution in [0.15, 0.2) is 71.3 Å². The second-order valence-electron chi connectivity index (χ2n) is 4.47. The van der Waals surface area contributed by atoms with Crippen LogP contribution in [0, 0.1) is 0 Å². The molecule has 102 valence electrons. The second kappa shape index (κ2) is 5.54. The maximum absolute atomic E-state index is 12.2. The van der Waals surface area contributed by atoms with E-state index in [-0.39, 0.29) is 23.0 Å². The molecule has 4 nitrogen and oxygen atoms in total. The van der Waals surface area contributed by atoms with Crippen LogP contribution >= 0.6 is 0 Å². The summed E-state index contributed by atoms with van der Waals surface area (Å²) < 4.78 is 5.00. The number of benzene rings is 2. The molecule has 0 amide bonds. The van der Waals surface area contributed by atoms with Crippen molar-refractivity contribution in [2.75, 3.05) is 0 Å². The average molecular weight is 277 g/mol. The zero-order valence-electron chi connectivity index (χ0n) is 11.0. The molecule has 3 aromatic rings. The van der Waals surface area contributed by atoms with E-state index in [1.54, 1.807) is 48.5 Å². The van der Waals surface area contributed by atoms with Gasteiger partial charge in [-0.1, -0.05) is 65.8 Å². The van der Waals surface area contributed by atoms with Gasteiger partial charge in [-0.15, -0.1) is 0 Å². The van der Waals surface area contributed by atoms with Crippen molar-refractivity contribution in [3.8, 4) is 0 Å². The van der Waals surface area contributed by atoms with Crippen LogP contribution in [0.4, 0.5) is 0 Å². The Kier molecular flexibility index (Phi) is 3.43. The van der Waals surface area contributed by atoms with Crippen molar-refractivity contribution < 1.29 is 14.1 Å². The van der Waals surface area contributed by atoms with Crippen molar-refractivity contribution >= 4 is 11.6 Å². The number of carbonyl (C=O) groups is 2. The van der Waals surface area contributed by atoms with Gasteiger partial charge in [0.25, 0.3) is 0 Å². The van der Waals surface area contributed by atoms with Gasteiger partial charge in [0.2, 0.25) is 17.3 Å². The van der Waals surface area contributed by atoms with E-state index >= 15 is 0 Å². The minimum absolute atomic E-state index is 0.0560. The molecule has 0 atom stereocenters. The first-order valence-corrected chi connectivity index (χ1v) is 6.42. The molecule has 1 heterocycles. The lowest BCUT2D eigenvalue weighted by Gasteiger charge is -1.95. The van der Waals surface area contributed by atoms with Crippen LogP contribution in [0.2, 0.25) is 0 Å². The van der Waals surface area contributed by atoms with Crippen molar-refractivity contribution in [3.05, 3.63) is 89.3 Å². The molecular formula is C17H11NO3. The first-order valence-electron chi connectivity index (χ1n) is 6.42. The molecule has 2 aromatic carbocycles. The molecule has 4 heteroatoms. The van der Waals surface area contributed by atoms with Gasteiger partial charge >= 0.3 is 0 Å². The van der Waals surface area contributed by atoms with Crippen molar-refractivity contribution in [1.29, 1.82) is 0 Å². The normalized spacial score (nSPS) is 10.3. The Labute approximate surface area is 121 Å². The van der Waals surface area contributed by atoms with E-state index < -0.39 is 0 Å². The zero-order valence-corrected chi connectivity index (χ0v) is 11.0. The second-order valence-corrected chi connectivity index (χ2v) is 4.47. The van der Waals surface area contributed by atoms with Gasteiger partial charge in [0.1, 0.15) is 0 Å². The van der Waals surface area contributed by atoms with Gasteiger partial charge < -0.3 is 4.52 Å². The Hall–Kier alpha value is -3.01. The SMILES string of the molecule is O=C(c1ccccc1)c1cc(C(=O)c2ccccc2)on1. The predicted octanol–water partition coefficient (Wildman–Crippen LogP) is 3.14. The van der Waals surface area contributed by atoms with Gasteiger partial charge in [0, 0.05) is 17.2 Å². The van der Waals surface area contributed by atoms with Crippen LogP contribution < -0.4 is 0 Å². The Morgan fingerprint density at radius 3 is 1.86 bits per heavy atom. The first-order chi connectivity index (χ1) is 10.3. The van der Waals surface area contributed by atoms with E-state index in [1.165, 1.54) is 6.07 Å². The van der Waals surface area contributed by atoms with E-state index in [0.717, 1.165) is 0 Å². The maximum Gasteiger partial charge on any atom is 0.231 e. The number of rotatable bonds is 4. The van der Waals surface area contributed by atoms with Crippen molar-refractivity contribution in [2.24, 2.45) is 0 Å². The fourth-order valence-electron chi connectivity index (χ4n) is 1.96. The van der Waals surface area contributed by atoms with E-state index in [4.69, 9.17) is 4.52 Å². The van der Waals surface area contributed by atoms with E-state index in [0.29, 0.717) is 11.1 Å². The standard InChI is InChI=1S/C17H11NO3/c19-16(12-7-3-1-4-8-12)14-11-15(21-18-14)17(20)13-9-5-2-6-10-13/h1-11H. The summed E-state index contributed by atoms with van der Waals surface area (Å²) in [7, 11) is 0. The van der Waals surface area contributed by atoms with E-state index in [1.807, 2.05) is 12.1 Å². The summed E-state index contributed by atoms with van der Waals surface area (Å²) in [6.07, 6.45) is 0. The lowest BCUT2D eigenvalue weighted by Crippen LogP contribution is -2.01. The van der Waals surface area contributed by atoms with Crippen LogP contribution in [-0.2, 0) is 0 Å². The highest BCUT2D eigenvalue weighted by Crippen LogP contribution is 2.14. The highest BCUT2D eigenvalue weighted by Gasteiger charge is 2.19. The van der Waals surface area contributed by atoms with Crippen LogP contribution in [0.1, 0.15) is 32.2 Å². The molecule has 0 unspecified atom stereocenters. The summed E-state index contributed by atoms with van der Waals surface area (Å²) >= 11 is 0. The fraction of sp³-hybridized carbons (Fsp3) is 0. The number of aromatic nitrogens is 1. The van der Waals surface area contributed by atoms with Crippen LogP contribution in [0.5, 0.6) is 0 Å². The van der Waals surface area contributed by atoms with Crippen LogP contribution in [0.25, 0.3) is 0 Å². The van der Waals surface area contributed by atoms with Crippen molar-refractivity contribution in [3.63, 3.8) is 0 Å². The van der Waals surface area contributed by atoms with Gasteiger partial charge in [-0.3, -0.25) is 9.59 Å². The molecule has 0 aliphatic carbocycles. The molecule has 0 saturated carbocycles. The quantitative estimate of drug-likeness (QED) is 0.687. The van der Waals surface area contributed by atoms with E-state index in [9.17, 15) is 9.59 Å². The molecule has 0 bridgehead atoms. The summed E-state index contributed by atoms with van der Waals surface area (Å²) in [5.74, 6) is -0.512. The number of nitrogens with zero attached hydrogens (tertiary/aromatic N) is 1. The summed E-state index contributed by atoms with van der Waals surface area (Å²) in [5, 5.41) is 3.69. The number of hydrogen-bond donors (Lipinski definition) is 0. The maximum atomic E-state index is 12.2. The third-order valence-electron chi connectivity index (χ3n) is 3.04. The van der Waals surface area contributed by atoms with Gasteiger partial charge in [-0.2, -0.15) is 0 Å². The van der Waals surface area contributed by atoms with Gasteiger partial charge in [-0.25, -0.2) is 0 Å². The fourth-order valence-corrected chi connectivity index (χ4v) is 1.96. The first kappa shape index (κ1) is 13.0. The summed E-state index contributed by atoms with van der Waals surface area (Å²) in [6, 6.07) is 18.8. The Bertz CT molecular complexity index is 710. The summed E-state index contributed by atoms with van der Waals surface area (Å²) in [5.41, 5.74) is 1.12. The Morgan fingerprint density at radius 2 is 1.29 bits per heavy atom. The topological polar surface area (TPSA) is 60.2 Å². The third-order valence-corrected chi connectivity index (χ3v) is 3.04. The minimum atomic E-state index is -0.296. The lowest BCUT2D eigenvalue weighted by molar-refractivity contribution is 0.0993.